The monoisotopic (exact) mass is 316 g/mol. The van der Waals surface area contributed by atoms with Crippen LogP contribution in [0, 0.1) is 5.82 Å². The molecule has 23 heavy (non-hydrogen) atoms. The number of aromatic carboxylic acids is 1. The summed E-state index contributed by atoms with van der Waals surface area (Å²) >= 11 is 0. The molecule has 2 heterocycles. The molecular weight excluding hydrogens is 299 g/mol. The number of anilines is 2. The zero-order chi connectivity index (χ0) is 16.2. The quantitative estimate of drug-likeness (QED) is 0.902. The number of rotatable bonds is 4. The largest absolute Gasteiger partial charge is 0.476 e. The maximum absolute atomic E-state index is 12.9. The molecule has 3 rings (SSSR count). The van der Waals surface area contributed by atoms with Gasteiger partial charge in [-0.05, 0) is 37.1 Å². The van der Waals surface area contributed by atoms with Crippen molar-refractivity contribution < 1.29 is 14.3 Å². The molecule has 2 N–H and O–H groups in total. The first-order valence-electron chi connectivity index (χ1n) is 7.44. The van der Waals surface area contributed by atoms with E-state index in [1.807, 2.05) is 0 Å². The summed E-state index contributed by atoms with van der Waals surface area (Å²) in [6.07, 6.45) is 4.61. The second-order valence-corrected chi connectivity index (χ2v) is 5.48. The van der Waals surface area contributed by atoms with Crippen molar-refractivity contribution in [3.8, 4) is 0 Å². The Morgan fingerprint density at radius 2 is 1.87 bits per heavy atom. The maximum atomic E-state index is 12.9. The normalized spacial score (nSPS) is 15.4. The zero-order valence-corrected chi connectivity index (χ0v) is 12.4. The van der Waals surface area contributed by atoms with E-state index in [9.17, 15) is 9.18 Å². The van der Waals surface area contributed by atoms with Crippen LogP contribution >= 0.6 is 0 Å². The Morgan fingerprint density at radius 1 is 1.17 bits per heavy atom. The molecule has 6 nitrogen and oxygen atoms in total. The predicted molar refractivity (Wildman–Crippen MR) is 84.2 cm³/mol. The molecule has 1 aliphatic rings. The number of halogens is 1. The molecule has 120 valence electrons. The second kappa shape index (κ2) is 6.60. The fourth-order valence-electron chi connectivity index (χ4n) is 2.63. The lowest BCUT2D eigenvalue weighted by Gasteiger charge is -2.33. The maximum Gasteiger partial charge on any atom is 0.356 e. The van der Waals surface area contributed by atoms with Crippen LogP contribution in [0.15, 0.2) is 36.7 Å². The molecule has 0 saturated carbocycles. The molecule has 0 spiro atoms. The summed E-state index contributed by atoms with van der Waals surface area (Å²) in [5.41, 5.74) is 0.858. The predicted octanol–water partition coefficient (Wildman–Crippen LogP) is 2.39. The van der Waals surface area contributed by atoms with Gasteiger partial charge in [0.05, 0.1) is 12.4 Å². The van der Waals surface area contributed by atoms with Gasteiger partial charge >= 0.3 is 5.97 Å². The van der Waals surface area contributed by atoms with Gasteiger partial charge in [0.15, 0.2) is 5.69 Å². The highest BCUT2D eigenvalue weighted by Crippen LogP contribution is 2.20. The van der Waals surface area contributed by atoms with Crippen LogP contribution in [0.3, 0.4) is 0 Å². The Labute approximate surface area is 133 Å². The van der Waals surface area contributed by atoms with Gasteiger partial charge in [-0.25, -0.2) is 19.2 Å². The van der Waals surface area contributed by atoms with Gasteiger partial charge in [0, 0.05) is 24.8 Å². The average Bonchev–Trinajstić information content (AvgIpc) is 2.58. The summed E-state index contributed by atoms with van der Waals surface area (Å²) in [6, 6.07) is 6.67. The third-order valence-electron chi connectivity index (χ3n) is 3.89. The first-order valence-corrected chi connectivity index (χ1v) is 7.44. The summed E-state index contributed by atoms with van der Waals surface area (Å²) in [6.45, 7) is 1.61. The molecule has 1 fully saturated rings. The van der Waals surface area contributed by atoms with Crippen molar-refractivity contribution in [3.05, 3.63) is 48.2 Å². The number of carboxylic acid groups (broad SMARTS) is 1. The summed E-state index contributed by atoms with van der Waals surface area (Å²) < 4.78 is 12.9. The van der Waals surface area contributed by atoms with E-state index >= 15 is 0 Å². The number of piperidine rings is 1. The van der Waals surface area contributed by atoms with Crippen LogP contribution in [-0.2, 0) is 0 Å². The number of nitrogens with one attached hydrogen (secondary N) is 1. The Balaban J connectivity index is 1.55. The topological polar surface area (TPSA) is 78.3 Å². The summed E-state index contributed by atoms with van der Waals surface area (Å²) in [4.78, 5) is 20.9. The van der Waals surface area contributed by atoms with Crippen molar-refractivity contribution in [1.29, 1.82) is 0 Å². The fraction of sp³-hybridized carbons (Fsp3) is 0.312. The number of hydrogen-bond acceptors (Lipinski definition) is 5. The van der Waals surface area contributed by atoms with Gasteiger partial charge < -0.3 is 15.3 Å². The van der Waals surface area contributed by atoms with E-state index in [1.165, 1.54) is 24.5 Å². The van der Waals surface area contributed by atoms with Crippen LogP contribution in [0.1, 0.15) is 23.3 Å². The van der Waals surface area contributed by atoms with Crippen LogP contribution in [0.4, 0.5) is 15.9 Å². The lowest BCUT2D eigenvalue weighted by atomic mass is 10.0. The molecule has 0 atom stereocenters. The fourth-order valence-corrected chi connectivity index (χ4v) is 2.63. The minimum absolute atomic E-state index is 0.0541. The summed E-state index contributed by atoms with van der Waals surface area (Å²) in [5, 5.41) is 12.2. The third kappa shape index (κ3) is 3.74. The van der Waals surface area contributed by atoms with Crippen LogP contribution in [-0.4, -0.2) is 40.2 Å². The van der Waals surface area contributed by atoms with E-state index < -0.39 is 5.97 Å². The van der Waals surface area contributed by atoms with Gasteiger partial charge in [-0.1, -0.05) is 0 Å². The minimum atomic E-state index is -1.08. The Hall–Kier alpha value is -2.70. The molecule has 0 bridgehead atoms. The molecule has 0 amide bonds. The highest BCUT2D eigenvalue weighted by Gasteiger charge is 2.20. The molecule has 1 aromatic heterocycles. The number of carbonyl (C=O) groups is 1. The lowest BCUT2D eigenvalue weighted by Crippen LogP contribution is -2.39. The van der Waals surface area contributed by atoms with E-state index in [-0.39, 0.29) is 11.5 Å². The van der Waals surface area contributed by atoms with Gasteiger partial charge in [-0.2, -0.15) is 0 Å². The zero-order valence-electron chi connectivity index (χ0n) is 12.4. The van der Waals surface area contributed by atoms with Gasteiger partial charge in [0.1, 0.15) is 11.6 Å². The van der Waals surface area contributed by atoms with E-state index in [4.69, 9.17) is 5.11 Å². The van der Waals surface area contributed by atoms with Crippen LogP contribution in [0.5, 0.6) is 0 Å². The highest BCUT2D eigenvalue weighted by molar-refractivity contribution is 5.84. The number of aromatic nitrogens is 2. The number of carboxylic acids is 1. The summed E-state index contributed by atoms with van der Waals surface area (Å²) in [5.74, 6) is -0.629. The average molecular weight is 316 g/mol. The van der Waals surface area contributed by atoms with E-state index in [1.54, 1.807) is 12.1 Å². The number of hydrogen-bond donors (Lipinski definition) is 2. The first kappa shape index (κ1) is 15.2. The van der Waals surface area contributed by atoms with Crippen LogP contribution in [0.25, 0.3) is 0 Å². The number of nitrogens with zero attached hydrogens (tertiary/aromatic N) is 3. The molecule has 1 saturated heterocycles. The molecule has 2 aromatic rings. The minimum Gasteiger partial charge on any atom is -0.476 e. The van der Waals surface area contributed by atoms with Crippen molar-refractivity contribution in [1.82, 2.24) is 9.97 Å². The second-order valence-electron chi connectivity index (χ2n) is 5.48. The van der Waals surface area contributed by atoms with E-state index in [0.29, 0.717) is 11.9 Å². The Kier molecular flexibility index (Phi) is 4.36. The highest BCUT2D eigenvalue weighted by atomic mass is 19.1. The molecule has 0 aliphatic carbocycles. The lowest BCUT2D eigenvalue weighted by molar-refractivity contribution is 0.0690. The van der Waals surface area contributed by atoms with Crippen molar-refractivity contribution >= 4 is 17.5 Å². The van der Waals surface area contributed by atoms with Crippen molar-refractivity contribution in [3.63, 3.8) is 0 Å². The third-order valence-corrected chi connectivity index (χ3v) is 3.89. The Morgan fingerprint density at radius 3 is 2.43 bits per heavy atom. The molecule has 1 aliphatic heterocycles. The molecular formula is C16H17FN4O2. The van der Waals surface area contributed by atoms with Crippen LogP contribution < -0.4 is 10.2 Å². The van der Waals surface area contributed by atoms with Gasteiger partial charge in [-0.15, -0.1) is 0 Å². The van der Waals surface area contributed by atoms with E-state index in [2.05, 4.69) is 20.2 Å². The first-order chi connectivity index (χ1) is 11.1. The molecule has 0 unspecified atom stereocenters. The molecule has 7 heteroatoms. The standard InChI is InChI=1S/C16H17FN4O2/c17-11-1-3-12(4-2-11)20-13-5-7-21(8-6-13)15-10-18-14(9-19-15)16(22)23/h1-4,9-10,13,20H,5-8H2,(H,22,23). The van der Waals surface area contributed by atoms with Crippen LogP contribution in [0.2, 0.25) is 0 Å². The SMILES string of the molecule is O=C(O)c1cnc(N2CCC(Nc3ccc(F)cc3)CC2)cn1. The number of benzene rings is 1. The van der Waals surface area contributed by atoms with Crippen molar-refractivity contribution in [2.24, 2.45) is 0 Å². The summed E-state index contributed by atoms with van der Waals surface area (Å²) in [7, 11) is 0. The van der Waals surface area contributed by atoms with Gasteiger partial charge in [-0.3, -0.25) is 0 Å². The Bertz CT molecular complexity index is 667. The molecule has 0 radical (unpaired) electrons. The van der Waals surface area contributed by atoms with Gasteiger partial charge in [0.25, 0.3) is 0 Å². The van der Waals surface area contributed by atoms with Crippen molar-refractivity contribution in [2.45, 2.75) is 18.9 Å². The smallest absolute Gasteiger partial charge is 0.356 e. The van der Waals surface area contributed by atoms with E-state index in [0.717, 1.165) is 31.6 Å². The molecule has 1 aromatic carbocycles. The van der Waals surface area contributed by atoms with Gasteiger partial charge in [0.2, 0.25) is 0 Å². The van der Waals surface area contributed by atoms with Crippen molar-refractivity contribution in [2.75, 3.05) is 23.3 Å².